The zero-order valence-corrected chi connectivity index (χ0v) is 17.5. The molecule has 1 atom stereocenters. The minimum Gasteiger partial charge on any atom is -0.507 e. The van der Waals surface area contributed by atoms with Gasteiger partial charge in [0, 0.05) is 31.0 Å². The van der Waals surface area contributed by atoms with Gasteiger partial charge in [-0.25, -0.2) is 4.39 Å². The van der Waals surface area contributed by atoms with Gasteiger partial charge >= 0.3 is 0 Å². The van der Waals surface area contributed by atoms with Crippen molar-refractivity contribution in [3.63, 3.8) is 0 Å². The molecule has 8 heteroatoms. The second kappa shape index (κ2) is 9.74. The normalized spacial score (nSPS) is 14.8. The summed E-state index contributed by atoms with van der Waals surface area (Å²) >= 11 is 0. The Hall–Kier alpha value is -3.52. The number of phenols is 1. The standard InChI is InChI=1S/C24H24FN3O4/c25-18-6-7-22(29)19(14-18)20-15-21(27-26-20)23(30)13-17(12-16-4-2-1-3-5-16)24(31)28-8-10-32-11-9-28/h1-7,14-15,17,29H,8-13H2,(H,26,27). The summed E-state index contributed by atoms with van der Waals surface area (Å²) in [7, 11) is 0. The fourth-order valence-electron chi connectivity index (χ4n) is 3.84. The van der Waals surface area contributed by atoms with Crippen LogP contribution < -0.4 is 0 Å². The fraction of sp³-hybridized carbons (Fsp3) is 0.292. The number of morpholine rings is 1. The SMILES string of the molecule is O=C(CC(Cc1ccccc1)C(=O)N1CCOCC1)c1cc(-c2cc(F)ccc2O)n[nH]1. The Morgan fingerprint density at radius 3 is 2.62 bits per heavy atom. The number of rotatable bonds is 7. The first-order chi connectivity index (χ1) is 15.5. The van der Waals surface area contributed by atoms with E-state index in [-0.39, 0.29) is 40.8 Å². The number of nitrogens with one attached hydrogen (secondary N) is 1. The van der Waals surface area contributed by atoms with E-state index in [1.54, 1.807) is 4.90 Å². The number of amides is 1. The van der Waals surface area contributed by atoms with Gasteiger partial charge in [-0.2, -0.15) is 5.10 Å². The van der Waals surface area contributed by atoms with Crippen LogP contribution in [0.1, 0.15) is 22.5 Å². The van der Waals surface area contributed by atoms with Gasteiger partial charge in [-0.3, -0.25) is 14.7 Å². The highest BCUT2D eigenvalue weighted by molar-refractivity contribution is 5.98. The van der Waals surface area contributed by atoms with E-state index in [1.165, 1.54) is 12.1 Å². The predicted octanol–water partition coefficient (Wildman–Crippen LogP) is 3.21. The second-order valence-electron chi connectivity index (χ2n) is 7.78. The van der Waals surface area contributed by atoms with E-state index in [2.05, 4.69) is 10.2 Å². The molecule has 2 heterocycles. The molecule has 2 aromatic carbocycles. The van der Waals surface area contributed by atoms with Gasteiger partial charge in [-0.05, 0) is 36.2 Å². The first-order valence-electron chi connectivity index (χ1n) is 10.5. The molecule has 0 bridgehead atoms. The number of ketones is 1. The van der Waals surface area contributed by atoms with Crippen molar-refractivity contribution in [3.8, 4) is 17.0 Å². The quantitative estimate of drug-likeness (QED) is 0.554. The number of ether oxygens (including phenoxy) is 1. The van der Waals surface area contributed by atoms with Crippen molar-refractivity contribution in [2.45, 2.75) is 12.8 Å². The summed E-state index contributed by atoms with van der Waals surface area (Å²) in [5.74, 6) is -1.54. The summed E-state index contributed by atoms with van der Waals surface area (Å²) < 4.78 is 18.9. The molecule has 1 amide bonds. The van der Waals surface area contributed by atoms with Crippen LogP contribution in [-0.2, 0) is 16.0 Å². The van der Waals surface area contributed by atoms with Crippen molar-refractivity contribution in [1.82, 2.24) is 15.1 Å². The molecule has 4 rings (SSSR count). The number of nitrogens with zero attached hydrogens (tertiary/aromatic N) is 2. The van der Waals surface area contributed by atoms with E-state index in [1.807, 2.05) is 30.3 Å². The molecule has 1 aliphatic heterocycles. The zero-order valence-electron chi connectivity index (χ0n) is 17.5. The third kappa shape index (κ3) is 5.03. The van der Waals surface area contributed by atoms with E-state index in [4.69, 9.17) is 4.74 Å². The Morgan fingerprint density at radius 1 is 1.12 bits per heavy atom. The molecule has 1 fully saturated rings. The lowest BCUT2D eigenvalue weighted by Crippen LogP contribution is -2.44. The first-order valence-corrected chi connectivity index (χ1v) is 10.5. The average molecular weight is 437 g/mol. The number of phenolic OH excluding ortho intramolecular Hbond substituents is 1. The van der Waals surface area contributed by atoms with Crippen LogP contribution in [0.4, 0.5) is 4.39 Å². The summed E-state index contributed by atoms with van der Waals surface area (Å²) in [5, 5.41) is 16.7. The molecule has 0 aliphatic carbocycles. The molecule has 32 heavy (non-hydrogen) atoms. The monoisotopic (exact) mass is 437 g/mol. The molecular weight excluding hydrogens is 413 g/mol. The lowest BCUT2D eigenvalue weighted by atomic mass is 9.91. The van der Waals surface area contributed by atoms with Crippen molar-refractivity contribution in [3.05, 3.63) is 71.7 Å². The number of hydrogen-bond donors (Lipinski definition) is 2. The molecule has 1 saturated heterocycles. The van der Waals surface area contributed by atoms with E-state index >= 15 is 0 Å². The van der Waals surface area contributed by atoms with Crippen LogP contribution in [0.15, 0.2) is 54.6 Å². The Kier molecular flexibility index (Phi) is 6.61. The topological polar surface area (TPSA) is 95.5 Å². The number of carbonyl (C=O) groups excluding carboxylic acids is 2. The van der Waals surface area contributed by atoms with Crippen LogP contribution in [-0.4, -0.2) is 58.2 Å². The van der Waals surface area contributed by atoms with Crippen LogP contribution in [0.5, 0.6) is 5.75 Å². The lowest BCUT2D eigenvalue weighted by molar-refractivity contribution is -0.139. The Morgan fingerprint density at radius 2 is 1.88 bits per heavy atom. The second-order valence-corrected chi connectivity index (χ2v) is 7.78. The van der Waals surface area contributed by atoms with Crippen LogP contribution in [0.3, 0.4) is 0 Å². The highest BCUT2D eigenvalue weighted by atomic mass is 19.1. The molecule has 7 nitrogen and oxygen atoms in total. The van der Waals surface area contributed by atoms with Crippen LogP contribution in [0.2, 0.25) is 0 Å². The van der Waals surface area contributed by atoms with Crippen LogP contribution >= 0.6 is 0 Å². The van der Waals surface area contributed by atoms with Crippen molar-refractivity contribution in [1.29, 1.82) is 0 Å². The van der Waals surface area contributed by atoms with Crippen LogP contribution in [0, 0.1) is 11.7 Å². The van der Waals surface area contributed by atoms with Gasteiger partial charge in [0.25, 0.3) is 0 Å². The summed E-state index contributed by atoms with van der Waals surface area (Å²) in [6.07, 6.45) is 0.441. The van der Waals surface area contributed by atoms with Crippen molar-refractivity contribution >= 4 is 11.7 Å². The first kappa shape index (κ1) is 21.7. The number of hydrogen-bond acceptors (Lipinski definition) is 5. The number of halogens is 1. The molecule has 1 aromatic heterocycles. The van der Waals surface area contributed by atoms with Gasteiger partial charge in [0.2, 0.25) is 5.91 Å². The number of aromatic nitrogens is 2. The van der Waals surface area contributed by atoms with Gasteiger partial charge in [0.15, 0.2) is 5.78 Å². The van der Waals surface area contributed by atoms with E-state index < -0.39 is 11.7 Å². The molecule has 3 aromatic rings. The van der Waals surface area contributed by atoms with Gasteiger partial charge in [-0.15, -0.1) is 0 Å². The number of Topliss-reactive ketones (excluding diaryl/α,β-unsaturated/α-hetero) is 1. The lowest BCUT2D eigenvalue weighted by Gasteiger charge is -2.30. The minimum absolute atomic E-state index is 0.00184. The molecule has 2 N–H and O–H groups in total. The Bertz CT molecular complexity index is 1090. The highest BCUT2D eigenvalue weighted by Crippen LogP contribution is 2.29. The Balaban J connectivity index is 1.53. The maximum absolute atomic E-state index is 13.6. The molecule has 0 saturated carbocycles. The summed E-state index contributed by atoms with van der Waals surface area (Å²) in [5.41, 5.74) is 1.62. The van der Waals surface area contributed by atoms with E-state index in [0.29, 0.717) is 32.7 Å². The summed E-state index contributed by atoms with van der Waals surface area (Å²) in [6.45, 7) is 1.98. The average Bonchev–Trinajstić information content (AvgIpc) is 3.31. The summed E-state index contributed by atoms with van der Waals surface area (Å²) in [6, 6.07) is 14.6. The minimum atomic E-state index is -0.530. The largest absolute Gasteiger partial charge is 0.507 e. The fourth-order valence-corrected chi connectivity index (χ4v) is 3.84. The predicted molar refractivity (Wildman–Crippen MR) is 116 cm³/mol. The molecule has 0 spiro atoms. The van der Waals surface area contributed by atoms with Crippen molar-refractivity contribution in [2.24, 2.45) is 5.92 Å². The van der Waals surface area contributed by atoms with Gasteiger partial charge in [0.05, 0.1) is 18.9 Å². The number of aromatic hydroxyl groups is 1. The van der Waals surface area contributed by atoms with Gasteiger partial charge in [0.1, 0.15) is 17.3 Å². The van der Waals surface area contributed by atoms with Crippen LogP contribution in [0.25, 0.3) is 11.3 Å². The molecule has 166 valence electrons. The molecular formula is C24H24FN3O4. The maximum Gasteiger partial charge on any atom is 0.226 e. The molecule has 1 aliphatic rings. The van der Waals surface area contributed by atoms with Crippen molar-refractivity contribution in [2.75, 3.05) is 26.3 Å². The number of H-pyrrole nitrogens is 1. The third-order valence-electron chi connectivity index (χ3n) is 5.54. The van der Waals surface area contributed by atoms with E-state index in [0.717, 1.165) is 17.7 Å². The van der Waals surface area contributed by atoms with Gasteiger partial charge in [-0.1, -0.05) is 30.3 Å². The number of carbonyl (C=O) groups is 2. The van der Waals surface area contributed by atoms with Gasteiger partial charge < -0.3 is 14.7 Å². The smallest absolute Gasteiger partial charge is 0.226 e. The number of benzene rings is 2. The highest BCUT2D eigenvalue weighted by Gasteiger charge is 2.29. The molecule has 0 radical (unpaired) electrons. The van der Waals surface area contributed by atoms with Crippen molar-refractivity contribution < 1.29 is 23.8 Å². The maximum atomic E-state index is 13.6. The zero-order chi connectivity index (χ0) is 22.5. The third-order valence-corrected chi connectivity index (χ3v) is 5.54. The number of aromatic amines is 1. The summed E-state index contributed by atoms with van der Waals surface area (Å²) in [4.78, 5) is 28.0. The Labute approximate surface area is 184 Å². The van der Waals surface area contributed by atoms with E-state index in [9.17, 15) is 19.1 Å². The molecule has 1 unspecified atom stereocenters.